The molecule has 1 aromatic carbocycles. The molecular weight excluding hydrogens is 354 g/mol. The molecule has 6 nitrogen and oxygen atoms in total. The average molecular weight is 386 g/mol. The number of aromatic nitrogens is 1. The highest BCUT2D eigenvalue weighted by Gasteiger charge is 2.24. The summed E-state index contributed by atoms with van der Waals surface area (Å²) in [6, 6.07) is 4.13. The van der Waals surface area contributed by atoms with Crippen molar-refractivity contribution in [2.75, 3.05) is 41.4 Å². The minimum Gasteiger partial charge on any atom is -0.496 e. The van der Waals surface area contributed by atoms with Gasteiger partial charge in [-0.3, -0.25) is 9.69 Å². The van der Waals surface area contributed by atoms with Crippen LogP contribution in [0.2, 0.25) is 0 Å². The molecule has 0 N–H and O–H groups in total. The van der Waals surface area contributed by atoms with Gasteiger partial charge in [0.25, 0.3) is 5.56 Å². The third-order valence-electron chi connectivity index (χ3n) is 5.49. The Morgan fingerprint density at radius 3 is 2.29 bits per heavy atom. The van der Waals surface area contributed by atoms with Crippen molar-refractivity contribution in [2.24, 2.45) is 7.05 Å². The topological polar surface area (TPSA) is 46.9 Å². The highest BCUT2D eigenvalue weighted by molar-refractivity contribution is 5.72. The van der Waals surface area contributed by atoms with Gasteiger partial charge in [0, 0.05) is 44.0 Å². The fourth-order valence-corrected chi connectivity index (χ4v) is 3.99. The Hall–Kier alpha value is -2.31. The van der Waals surface area contributed by atoms with Crippen LogP contribution in [0.1, 0.15) is 23.6 Å². The number of hydrogen-bond acceptors (Lipinski definition) is 5. The predicted octanol–water partition coefficient (Wildman–Crippen LogP) is 2.51. The lowest BCUT2D eigenvalue weighted by molar-refractivity contribution is 0.266. The first-order valence-corrected chi connectivity index (χ1v) is 9.73. The van der Waals surface area contributed by atoms with E-state index in [4.69, 9.17) is 9.47 Å². The normalized spacial score (nSPS) is 14.2. The molecule has 0 bridgehead atoms. The number of methoxy groups -OCH3 is 2. The summed E-state index contributed by atoms with van der Waals surface area (Å²) in [5.41, 5.74) is 5.28. The Morgan fingerprint density at radius 1 is 1.11 bits per heavy atom. The molecule has 0 radical (unpaired) electrons. The second kappa shape index (κ2) is 8.37. The molecule has 0 atom stereocenters. The SMILES string of the molecule is CCN1CCc2c(-c3cc(OC)c(CN(C)C)c(OC)c3)cn(C)c(=O)c2C1. The predicted molar refractivity (Wildman–Crippen MR) is 112 cm³/mol. The molecule has 1 aliphatic heterocycles. The number of likely N-dealkylation sites (N-methyl/N-ethyl adjacent to an activating group) is 1. The van der Waals surface area contributed by atoms with E-state index in [0.29, 0.717) is 6.54 Å². The third kappa shape index (κ3) is 3.80. The van der Waals surface area contributed by atoms with Gasteiger partial charge in [-0.15, -0.1) is 0 Å². The Labute approximate surface area is 167 Å². The largest absolute Gasteiger partial charge is 0.496 e. The van der Waals surface area contributed by atoms with Gasteiger partial charge in [0.15, 0.2) is 0 Å². The zero-order valence-corrected chi connectivity index (χ0v) is 17.8. The fourth-order valence-electron chi connectivity index (χ4n) is 3.99. The molecule has 0 spiro atoms. The van der Waals surface area contributed by atoms with Crippen molar-refractivity contribution in [3.63, 3.8) is 0 Å². The maximum Gasteiger partial charge on any atom is 0.255 e. The number of rotatable bonds is 6. The number of fused-ring (bicyclic) bond motifs is 1. The van der Waals surface area contributed by atoms with Crippen molar-refractivity contribution in [2.45, 2.75) is 26.4 Å². The Bertz CT molecular complexity index is 893. The van der Waals surface area contributed by atoms with E-state index in [9.17, 15) is 4.79 Å². The van der Waals surface area contributed by atoms with Gasteiger partial charge in [0.2, 0.25) is 0 Å². The van der Waals surface area contributed by atoms with Gasteiger partial charge in [-0.05, 0) is 50.3 Å². The number of aryl methyl sites for hydroxylation is 1. The average Bonchev–Trinajstić information content (AvgIpc) is 2.70. The lowest BCUT2D eigenvalue weighted by Gasteiger charge is -2.29. The highest BCUT2D eigenvalue weighted by atomic mass is 16.5. The summed E-state index contributed by atoms with van der Waals surface area (Å²) in [6.07, 6.45) is 2.82. The second-order valence-corrected chi connectivity index (χ2v) is 7.63. The number of pyridine rings is 1. The van der Waals surface area contributed by atoms with Crippen LogP contribution in [0.3, 0.4) is 0 Å². The Balaban J connectivity index is 2.19. The molecule has 1 aliphatic rings. The maximum atomic E-state index is 12.8. The van der Waals surface area contributed by atoms with Gasteiger partial charge in [-0.1, -0.05) is 6.92 Å². The van der Waals surface area contributed by atoms with Crippen molar-refractivity contribution in [1.82, 2.24) is 14.4 Å². The van der Waals surface area contributed by atoms with Crippen LogP contribution in [0.15, 0.2) is 23.1 Å². The van der Waals surface area contributed by atoms with Crippen molar-refractivity contribution in [1.29, 1.82) is 0 Å². The summed E-state index contributed by atoms with van der Waals surface area (Å²) in [5, 5.41) is 0. The minimum absolute atomic E-state index is 0.0973. The molecule has 0 amide bonds. The van der Waals surface area contributed by atoms with Crippen LogP contribution in [-0.2, 0) is 26.6 Å². The molecule has 2 aromatic rings. The van der Waals surface area contributed by atoms with Gasteiger partial charge >= 0.3 is 0 Å². The Kier molecular flexibility index (Phi) is 6.10. The van der Waals surface area contributed by atoms with Crippen molar-refractivity contribution >= 4 is 0 Å². The lowest BCUT2D eigenvalue weighted by Crippen LogP contribution is -2.36. The van der Waals surface area contributed by atoms with E-state index in [1.165, 1.54) is 0 Å². The van der Waals surface area contributed by atoms with E-state index >= 15 is 0 Å². The van der Waals surface area contributed by atoms with Crippen molar-refractivity contribution < 1.29 is 9.47 Å². The molecule has 28 heavy (non-hydrogen) atoms. The summed E-state index contributed by atoms with van der Waals surface area (Å²) in [4.78, 5) is 17.2. The van der Waals surface area contributed by atoms with E-state index in [-0.39, 0.29) is 5.56 Å². The van der Waals surface area contributed by atoms with Gasteiger partial charge in [0.05, 0.1) is 19.8 Å². The maximum absolute atomic E-state index is 12.8. The van der Waals surface area contributed by atoms with Crippen molar-refractivity contribution in [3.05, 3.63) is 45.4 Å². The van der Waals surface area contributed by atoms with Crippen LogP contribution in [0.25, 0.3) is 11.1 Å². The quantitative estimate of drug-likeness (QED) is 0.765. The summed E-state index contributed by atoms with van der Waals surface area (Å²) in [6.45, 7) is 5.49. The highest BCUT2D eigenvalue weighted by Crippen LogP contribution is 2.37. The van der Waals surface area contributed by atoms with Gasteiger partial charge in [-0.2, -0.15) is 0 Å². The number of ether oxygens (including phenoxy) is 2. The molecule has 0 unspecified atom stereocenters. The Morgan fingerprint density at radius 2 is 1.75 bits per heavy atom. The van der Waals surface area contributed by atoms with E-state index in [2.05, 4.69) is 28.9 Å². The van der Waals surface area contributed by atoms with E-state index in [1.807, 2.05) is 27.3 Å². The molecule has 152 valence electrons. The molecule has 3 rings (SSSR count). The summed E-state index contributed by atoms with van der Waals surface area (Å²) in [5.74, 6) is 1.60. The molecular formula is C22H31N3O3. The smallest absolute Gasteiger partial charge is 0.255 e. The minimum atomic E-state index is 0.0973. The van der Waals surface area contributed by atoms with Crippen LogP contribution >= 0.6 is 0 Å². The molecule has 0 saturated carbocycles. The van der Waals surface area contributed by atoms with E-state index < -0.39 is 0 Å². The zero-order chi connectivity index (χ0) is 20.4. The van der Waals surface area contributed by atoms with Gasteiger partial charge < -0.3 is 18.9 Å². The molecule has 0 saturated heterocycles. The fraction of sp³-hybridized carbons (Fsp3) is 0.500. The second-order valence-electron chi connectivity index (χ2n) is 7.63. The number of benzene rings is 1. The van der Waals surface area contributed by atoms with Crippen molar-refractivity contribution in [3.8, 4) is 22.6 Å². The van der Waals surface area contributed by atoms with E-state index in [1.54, 1.807) is 18.8 Å². The van der Waals surface area contributed by atoms with Gasteiger partial charge in [-0.25, -0.2) is 0 Å². The number of nitrogens with zero attached hydrogens (tertiary/aromatic N) is 3. The van der Waals surface area contributed by atoms with Crippen LogP contribution in [-0.4, -0.2) is 55.8 Å². The molecule has 0 fully saturated rings. The monoisotopic (exact) mass is 385 g/mol. The van der Waals surface area contributed by atoms with Crippen LogP contribution in [0, 0.1) is 0 Å². The standard InChI is InChI=1S/C22H31N3O3/c1-7-25-9-8-16-17(13-24(4)22(26)18(16)14-25)15-10-20(27-5)19(12-23(2)3)21(11-15)28-6/h10-11,13H,7-9,12,14H2,1-6H3. The first-order valence-electron chi connectivity index (χ1n) is 9.73. The van der Waals surface area contributed by atoms with Crippen LogP contribution in [0.4, 0.5) is 0 Å². The summed E-state index contributed by atoms with van der Waals surface area (Å²) >= 11 is 0. The third-order valence-corrected chi connectivity index (χ3v) is 5.49. The van der Waals surface area contributed by atoms with Crippen LogP contribution in [0.5, 0.6) is 11.5 Å². The molecule has 6 heteroatoms. The first kappa shape index (κ1) is 20.4. The molecule has 1 aromatic heterocycles. The molecule has 0 aliphatic carbocycles. The van der Waals surface area contributed by atoms with Gasteiger partial charge in [0.1, 0.15) is 11.5 Å². The molecule has 2 heterocycles. The lowest BCUT2D eigenvalue weighted by atomic mass is 9.91. The first-order chi connectivity index (χ1) is 13.4. The van der Waals surface area contributed by atoms with Crippen LogP contribution < -0.4 is 15.0 Å². The summed E-state index contributed by atoms with van der Waals surface area (Å²) in [7, 11) is 9.25. The summed E-state index contributed by atoms with van der Waals surface area (Å²) < 4.78 is 13.1. The number of hydrogen-bond donors (Lipinski definition) is 0. The van der Waals surface area contributed by atoms with E-state index in [0.717, 1.165) is 65.4 Å². The zero-order valence-electron chi connectivity index (χ0n) is 17.8.